The van der Waals surface area contributed by atoms with Gasteiger partial charge in [0.05, 0.1) is 12.7 Å². The highest BCUT2D eigenvalue weighted by molar-refractivity contribution is 5.66. The second-order valence-corrected chi connectivity index (χ2v) is 8.72. The van der Waals surface area contributed by atoms with E-state index in [0.29, 0.717) is 37.4 Å². The van der Waals surface area contributed by atoms with Crippen LogP contribution in [0.2, 0.25) is 0 Å². The molecule has 0 aliphatic heterocycles. The standard InChI is InChI=1S/C23H38O4/c1-18(2)16-27-17-23(3,4)21(24)15-14-20-12-9-11-19(20)10-7-5-6-8-13-22(25)26/h5,7,9,12,14-15,18-21,24H,6,8,10-11,13,16-17H2,1-4H3,(H,25,26)/b7-5-,15-14?/t19-,20+,21?/m0/s1. The summed E-state index contributed by atoms with van der Waals surface area (Å²) < 4.78 is 5.72. The van der Waals surface area contributed by atoms with Crippen LogP contribution in [0, 0.1) is 23.2 Å². The summed E-state index contributed by atoms with van der Waals surface area (Å²) in [6, 6.07) is 0. The van der Waals surface area contributed by atoms with E-state index in [9.17, 15) is 9.90 Å². The van der Waals surface area contributed by atoms with Gasteiger partial charge in [0.25, 0.3) is 0 Å². The molecule has 0 spiro atoms. The minimum atomic E-state index is -0.732. The van der Waals surface area contributed by atoms with E-state index in [2.05, 4.69) is 44.2 Å². The highest BCUT2D eigenvalue weighted by Crippen LogP contribution is 2.31. The summed E-state index contributed by atoms with van der Waals surface area (Å²) in [6.07, 6.45) is 16.0. The van der Waals surface area contributed by atoms with Crippen LogP contribution in [0.1, 0.15) is 59.8 Å². The quantitative estimate of drug-likeness (QED) is 0.350. The van der Waals surface area contributed by atoms with Gasteiger partial charge in [-0.05, 0) is 43.4 Å². The van der Waals surface area contributed by atoms with E-state index in [-0.39, 0.29) is 11.8 Å². The fraction of sp³-hybridized carbons (Fsp3) is 0.696. The van der Waals surface area contributed by atoms with Gasteiger partial charge in [-0.25, -0.2) is 0 Å². The molecule has 1 unspecified atom stereocenters. The number of aliphatic hydroxyl groups excluding tert-OH is 1. The largest absolute Gasteiger partial charge is 0.481 e. The lowest BCUT2D eigenvalue weighted by Gasteiger charge is -2.29. The topological polar surface area (TPSA) is 66.8 Å². The minimum absolute atomic E-state index is 0.231. The van der Waals surface area contributed by atoms with Gasteiger partial charge in [0.15, 0.2) is 0 Å². The summed E-state index contributed by atoms with van der Waals surface area (Å²) in [5.74, 6) is 0.625. The first-order chi connectivity index (χ1) is 12.7. The third-order valence-electron chi connectivity index (χ3n) is 4.95. The zero-order chi connectivity index (χ0) is 20.3. The van der Waals surface area contributed by atoms with Crippen molar-refractivity contribution < 1.29 is 19.7 Å². The molecule has 0 fully saturated rings. The van der Waals surface area contributed by atoms with E-state index >= 15 is 0 Å². The molecule has 4 nitrogen and oxygen atoms in total. The maximum absolute atomic E-state index is 10.6. The third-order valence-corrected chi connectivity index (χ3v) is 4.95. The predicted octanol–water partition coefficient (Wildman–Crippen LogP) is 5.00. The van der Waals surface area contributed by atoms with Gasteiger partial charge in [0.2, 0.25) is 0 Å². The fourth-order valence-electron chi connectivity index (χ4n) is 3.10. The Morgan fingerprint density at radius 2 is 2.07 bits per heavy atom. The van der Waals surface area contributed by atoms with Crippen molar-refractivity contribution in [2.75, 3.05) is 13.2 Å². The van der Waals surface area contributed by atoms with E-state index in [1.807, 2.05) is 19.9 Å². The molecule has 154 valence electrons. The molecule has 1 rings (SSSR count). The van der Waals surface area contributed by atoms with Gasteiger partial charge in [0.1, 0.15) is 0 Å². The highest BCUT2D eigenvalue weighted by atomic mass is 16.5. The van der Waals surface area contributed by atoms with Gasteiger partial charge in [-0.15, -0.1) is 0 Å². The summed E-state index contributed by atoms with van der Waals surface area (Å²) in [4.78, 5) is 10.5. The molecule has 0 bridgehead atoms. The van der Waals surface area contributed by atoms with Crippen molar-refractivity contribution in [1.29, 1.82) is 0 Å². The lowest BCUT2D eigenvalue weighted by atomic mass is 9.85. The number of unbranched alkanes of at least 4 members (excludes halogenated alkanes) is 1. The molecule has 0 radical (unpaired) electrons. The zero-order valence-electron chi connectivity index (χ0n) is 17.4. The summed E-state index contributed by atoms with van der Waals surface area (Å²) >= 11 is 0. The van der Waals surface area contributed by atoms with Crippen molar-refractivity contribution in [3.05, 3.63) is 36.5 Å². The number of ether oxygens (including phenoxy) is 1. The average Bonchev–Trinajstić information content (AvgIpc) is 3.02. The molecule has 0 aromatic heterocycles. The van der Waals surface area contributed by atoms with Crippen LogP contribution in [0.4, 0.5) is 0 Å². The maximum atomic E-state index is 10.6. The Balaban J connectivity index is 2.42. The number of carboxylic acids is 1. The molecular formula is C23H38O4. The Hall–Kier alpha value is -1.39. The molecular weight excluding hydrogens is 340 g/mol. The molecule has 3 atom stereocenters. The van der Waals surface area contributed by atoms with Gasteiger partial charge < -0.3 is 14.9 Å². The van der Waals surface area contributed by atoms with Gasteiger partial charge in [-0.1, -0.05) is 64.2 Å². The van der Waals surface area contributed by atoms with Crippen molar-refractivity contribution >= 4 is 5.97 Å². The minimum Gasteiger partial charge on any atom is -0.481 e. The van der Waals surface area contributed by atoms with Crippen LogP contribution >= 0.6 is 0 Å². The van der Waals surface area contributed by atoms with Crippen LogP contribution in [-0.2, 0) is 9.53 Å². The van der Waals surface area contributed by atoms with E-state index < -0.39 is 12.1 Å². The third kappa shape index (κ3) is 9.92. The fourth-order valence-corrected chi connectivity index (χ4v) is 3.10. The zero-order valence-corrected chi connectivity index (χ0v) is 17.4. The maximum Gasteiger partial charge on any atom is 0.303 e. The molecule has 4 heteroatoms. The Labute approximate surface area is 165 Å². The molecule has 0 saturated carbocycles. The summed E-state index contributed by atoms with van der Waals surface area (Å²) in [5, 5.41) is 19.2. The molecule has 1 aliphatic carbocycles. The number of carbonyl (C=O) groups is 1. The Morgan fingerprint density at radius 1 is 1.33 bits per heavy atom. The molecule has 0 saturated heterocycles. The summed E-state index contributed by atoms with van der Waals surface area (Å²) in [7, 11) is 0. The normalized spacial score (nSPS) is 21.7. The molecule has 0 amide bonds. The molecule has 0 aromatic carbocycles. The van der Waals surface area contributed by atoms with E-state index in [1.165, 1.54) is 0 Å². The SMILES string of the molecule is CC(C)COCC(C)(C)C(O)C=C[C@H]1C=CC[C@@H]1C/C=C\CCCC(=O)O. The number of aliphatic hydroxyl groups is 1. The molecule has 2 N–H and O–H groups in total. The lowest BCUT2D eigenvalue weighted by molar-refractivity contribution is -0.137. The summed E-state index contributed by atoms with van der Waals surface area (Å²) in [5.41, 5.74) is -0.312. The Morgan fingerprint density at radius 3 is 2.74 bits per heavy atom. The van der Waals surface area contributed by atoms with Gasteiger partial charge in [-0.2, -0.15) is 0 Å². The second-order valence-electron chi connectivity index (χ2n) is 8.72. The van der Waals surface area contributed by atoms with Gasteiger partial charge >= 0.3 is 5.97 Å². The van der Waals surface area contributed by atoms with Crippen LogP contribution in [0.5, 0.6) is 0 Å². The first kappa shape index (κ1) is 23.6. The van der Waals surface area contributed by atoms with Crippen molar-refractivity contribution in [1.82, 2.24) is 0 Å². The van der Waals surface area contributed by atoms with E-state index in [0.717, 1.165) is 19.3 Å². The first-order valence-electron chi connectivity index (χ1n) is 10.2. The average molecular weight is 379 g/mol. The van der Waals surface area contributed by atoms with Crippen LogP contribution in [0.25, 0.3) is 0 Å². The van der Waals surface area contributed by atoms with Crippen molar-refractivity contribution in [2.24, 2.45) is 23.2 Å². The molecule has 0 aromatic rings. The Kier molecular flexibility index (Phi) is 10.6. The molecule has 27 heavy (non-hydrogen) atoms. The molecule has 1 aliphatic rings. The van der Waals surface area contributed by atoms with Gasteiger partial charge in [0, 0.05) is 18.4 Å². The second kappa shape index (κ2) is 12.1. The number of aliphatic carboxylic acids is 1. The van der Waals surface area contributed by atoms with Crippen molar-refractivity contribution in [3.8, 4) is 0 Å². The molecule has 0 heterocycles. The monoisotopic (exact) mass is 378 g/mol. The summed E-state index contributed by atoms with van der Waals surface area (Å²) in [6.45, 7) is 9.56. The smallest absolute Gasteiger partial charge is 0.303 e. The van der Waals surface area contributed by atoms with Crippen molar-refractivity contribution in [2.45, 2.75) is 65.9 Å². The van der Waals surface area contributed by atoms with Crippen LogP contribution in [0.15, 0.2) is 36.5 Å². The van der Waals surface area contributed by atoms with E-state index in [1.54, 1.807) is 0 Å². The number of allylic oxidation sites excluding steroid dienone is 5. The van der Waals surface area contributed by atoms with Crippen molar-refractivity contribution in [3.63, 3.8) is 0 Å². The number of carboxylic acid groups (broad SMARTS) is 1. The van der Waals surface area contributed by atoms with Crippen LogP contribution in [-0.4, -0.2) is 35.5 Å². The van der Waals surface area contributed by atoms with E-state index in [4.69, 9.17) is 9.84 Å². The number of rotatable bonds is 13. The number of hydrogen-bond acceptors (Lipinski definition) is 3. The van der Waals surface area contributed by atoms with Crippen LogP contribution in [0.3, 0.4) is 0 Å². The Bertz CT molecular complexity index is 516. The van der Waals surface area contributed by atoms with Crippen LogP contribution < -0.4 is 0 Å². The highest BCUT2D eigenvalue weighted by Gasteiger charge is 2.27. The van der Waals surface area contributed by atoms with Gasteiger partial charge in [-0.3, -0.25) is 4.79 Å². The number of hydrogen-bond donors (Lipinski definition) is 2. The predicted molar refractivity (Wildman–Crippen MR) is 111 cm³/mol. The first-order valence-corrected chi connectivity index (χ1v) is 10.2. The lowest BCUT2D eigenvalue weighted by Crippen LogP contribution is -2.33.